The molecule has 0 aromatic heterocycles. The van der Waals surface area contributed by atoms with Crippen LogP contribution in [0.25, 0.3) is 0 Å². The maximum Gasteiger partial charge on any atom is 0.345 e. The van der Waals surface area contributed by atoms with Gasteiger partial charge in [-0.1, -0.05) is 6.92 Å². The third kappa shape index (κ3) is 4.00. The highest BCUT2D eigenvalue weighted by molar-refractivity contribution is 4.76. The number of nitrogens with one attached hydrogen (secondary N) is 1. The summed E-state index contributed by atoms with van der Waals surface area (Å²) in [5.74, 6) is 0. The van der Waals surface area contributed by atoms with E-state index in [0.29, 0.717) is 6.04 Å². The lowest BCUT2D eigenvalue weighted by Gasteiger charge is -2.28. The van der Waals surface area contributed by atoms with Gasteiger partial charge in [0.05, 0.1) is 6.10 Å². The lowest BCUT2D eigenvalue weighted by molar-refractivity contribution is -0.170. The standard InChI is InChI=1S/C9H17F2NO/c1-2-12-7-3-5-8(6-4-7)13-9(10)11/h7-9,12H,2-6H2,1H3. The maximum absolute atomic E-state index is 11.8. The van der Waals surface area contributed by atoms with Gasteiger partial charge < -0.3 is 10.1 Å². The van der Waals surface area contributed by atoms with E-state index in [4.69, 9.17) is 0 Å². The Morgan fingerprint density at radius 1 is 1.31 bits per heavy atom. The molecular weight excluding hydrogens is 176 g/mol. The largest absolute Gasteiger partial charge is 0.345 e. The molecule has 1 aliphatic carbocycles. The molecule has 13 heavy (non-hydrogen) atoms. The fraction of sp³-hybridized carbons (Fsp3) is 1.00. The number of hydrogen-bond donors (Lipinski definition) is 1. The summed E-state index contributed by atoms with van der Waals surface area (Å²) >= 11 is 0. The molecule has 0 spiro atoms. The van der Waals surface area contributed by atoms with Crippen LogP contribution in [0.3, 0.4) is 0 Å². The third-order valence-electron chi connectivity index (χ3n) is 2.46. The number of rotatable bonds is 4. The van der Waals surface area contributed by atoms with Crippen LogP contribution in [0.1, 0.15) is 32.6 Å². The van der Waals surface area contributed by atoms with Gasteiger partial charge in [0.15, 0.2) is 0 Å². The van der Waals surface area contributed by atoms with Crippen molar-refractivity contribution >= 4 is 0 Å². The van der Waals surface area contributed by atoms with Crippen molar-refractivity contribution in [1.29, 1.82) is 0 Å². The first kappa shape index (κ1) is 10.9. The smallest absolute Gasteiger partial charge is 0.320 e. The average molecular weight is 193 g/mol. The predicted molar refractivity (Wildman–Crippen MR) is 46.8 cm³/mol. The minimum absolute atomic E-state index is 0.227. The van der Waals surface area contributed by atoms with Crippen molar-refractivity contribution in [2.45, 2.75) is 51.4 Å². The molecule has 0 heterocycles. The molecule has 0 aromatic rings. The molecule has 0 aliphatic heterocycles. The Hall–Kier alpha value is -0.220. The Labute approximate surface area is 77.6 Å². The molecular formula is C9H17F2NO. The fourth-order valence-electron chi connectivity index (χ4n) is 1.84. The maximum atomic E-state index is 11.8. The highest BCUT2D eigenvalue weighted by Gasteiger charge is 2.23. The molecule has 0 atom stereocenters. The van der Waals surface area contributed by atoms with Crippen LogP contribution in [0.15, 0.2) is 0 Å². The normalized spacial score (nSPS) is 29.5. The minimum atomic E-state index is -2.61. The zero-order valence-electron chi connectivity index (χ0n) is 7.93. The second-order valence-electron chi connectivity index (χ2n) is 3.43. The Bertz CT molecular complexity index is 136. The van der Waals surface area contributed by atoms with Crippen molar-refractivity contribution in [3.63, 3.8) is 0 Å². The summed E-state index contributed by atoms with van der Waals surface area (Å²) < 4.78 is 28.1. The summed E-state index contributed by atoms with van der Waals surface area (Å²) in [6.07, 6.45) is 3.18. The fourth-order valence-corrected chi connectivity index (χ4v) is 1.84. The van der Waals surface area contributed by atoms with Gasteiger partial charge in [-0.2, -0.15) is 8.78 Å². The van der Waals surface area contributed by atoms with E-state index in [1.807, 2.05) is 0 Å². The van der Waals surface area contributed by atoms with Crippen LogP contribution in [0, 0.1) is 0 Å². The Morgan fingerprint density at radius 2 is 1.92 bits per heavy atom. The molecule has 4 heteroatoms. The highest BCUT2D eigenvalue weighted by atomic mass is 19.3. The van der Waals surface area contributed by atoms with E-state index >= 15 is 0 Å². The molecule has 1 fully saturated rings. The number of ether oxygens (including phenoxy) is 1. The molecule has 78 valence electrons. The van der Waals surface area contributed by atoms with E-state index in [9.17, 15) is 8.78 Å². The zero-order chi connectivity index (χ0) is 9.68. The van der Waals surface area contributed by atoms with Crippen LogP contribution in [0.4, 0.5) is 8.78 Å². The number of hydrogen-bond acceptors (Lipinski definition) is 2. The third-order valence-corrected chi connectivity index (χ3v) is 2.46. The quantitative estimate of drug-likeness (QED) is 0.738. The van der Waals surface area contributed by atoms with E-state index < -0.39 is 6.61 Å². The summed E-state index contributed by atoms with van der Waals surface area (Å²) in [4.78, 5) is 0. The highest BCUT2D eigenvalue weighted by Crippen LogP contribution is 2.22. The first-order valence-electron chi connectivity index (χ1n) is 4.89. The summed E-state index contributed by atoms with van der Waals surface area (Å²) in [6.45, 7) is 0.396. The number of alkyl halides is 2. The Balaban J connectivity index is 2.15. The molecule has 0 bridgehead atoms. The molecule has 1 aliphatic rings. The molecule has 0 amide bonds. The summed E-state index contributed by atoms with van der Waals surface area (Å²) in [7, 11) is 0. The van der Waals surface area contributed by atoms with Gasteiger partial charge in [0, 0.05) is 6.04 Å². The van der Waals surface area contributed by atoms with Crippen molar-refractivity contribution in [2.75, 3.05) is 6.54 Å². The van der Waals surface area contributed by atoms with Gasteiger partial charge in [0.1, 0.15) is 0 Å². The lowest BCUT2D eigenvalue weighted by atomic mass is 9.93. The summed E-state index contributed by atoms with van der Waals surface area (Å²) in [5, 5.41) is 3.32. The lowest BCUT2D eigenvalue weighted by Crippen LogP contribution is -2.35. The molecule has 1 rings (SSSR count). The molecule has 1 N–H and O–H groups in total. The van der Waals surface area contributed by atoms with Crippen LogP contribution in [0.2, 0.25) is 0 Å². The predicted octanol–water partition coefficient (Wildman–Crippen LogP) is 2.15. The monoisotopic (exact) mass is 193 g/mol. The molecule has 0 unspecified atom stereocenters. The SMILES string of the molecule is CCNC1CCC(OC(F)F)CC1. The molecule has 0 radical (unpaired) electrons. The van der Waals surface area contributed by atoms with Gasteiger partial charge in [0.2, 0.25) is 0 Å². The average Bonchev–Trinajstić information content (AvgIpc) is 2.08. The van der Waals surface area contributed by atoms with Crippen molar-refractivity contribution in [2.24, 2.45) is 0 Å². The summed E-state index contributed by atoms with van der Waals surface area (Å²) in [5.41, 5.74) is 0. The van der Waals surface area contributed by atoms with E-state index in [1.165, 1.54) is 0 Å². The second-order valence-corrected chi connectivity index (χ2v) is 3.43. The minimum Gasteiger partial charge on any atom is -0.320 e. The van der Waals surface area contributed by atoms with Gasteiger partial charge in [-0.3, -0.25) is 0 Å². The van der Waals surface area contributed by atoms with Gasteiger partial charge in [-0.05, 0) is 32.2 Å². The first-order valence-corrected chi connectivity index (χ1v) is 4.89. The molecule has 0 saturated heterocycles. The van der Waals surface area contributed by atoms with Crippen LogP contribution in [0.5, 0.6) is 0 Å². The Kier molecular flexibility index (Phi) is 4.59. The van der Waals surface area contributed by atoms with Crippen LogP contribution in [-0.4, -0.2) is 25.3 Å². The summed E-state index contributed by atoms with van der Waals surface area (Å²) in [6, 6.07) is 0.502. The van der Waals surface area contributed by atoms with Crippen LogP contribution >= 0.6 is 0 Å². The van der Waals surface area contributed by atoms with Gasteiger partial charge in [0.25, 0.3) is 0 Å². The Morgan fingerprint density at radius 3 is 2.38 bits per heavy atom. The van der Waals surface area contributed by atoms with Crippen molar-refractivity contribution in [3.05, 3.63) is 0 Å². The topological polar surface area (TPSA) is 21.3 Å². The number of halogens is 2. The van der Waals surface area contributed by atoms with E-state index in [0.717, 1.165) is 32.2 Å². The van der Waals surface area contributed by atoms with Crippen LogP contribution in [-0.2, 0) is 4.74 Å². The van der Waals surface area contributed by atoms with Gasteiger partial charge >= 0.3 is 6.61 Å². The first-order chi connectivity index (χ1) is 6.22. The molecule has 0 aromatic carbocycles. The van der Waals surface area contributed by atoms with E-state index in [1.54, 1.807) is 0 Å². The van der Waals surface area contributed by atoms with Crippen molar-refractivity contribution in [3.8, 4) is 0 Å². The van der Waals surface area contributed by atoms with Crippen molar-refractivity contribution in [1.82, 2.24) is 5.32 Å². The zero-order valence-corrected chi connectivity index (χ0v) is 7.93. The van der Waals surface area contributed by atoms with Crippen LogP contribution < -0.4 is 5.32 Å². The van der Waals surface area contributed by atoms with Gasteiger partial charge in [-0.25, -0.2) is 0 Å². The second kappa shape index (κ2) is 5.50. The van der Waals surface area contributed by atoms with Gasteiger partial charge in [-0.15, -0.1) is 0 Å². The van der Waals surface area contributed by atoms with E-state index in [2.05, 4.69) is 17.0 Å². The van der Waals surface area contributed by atoms with E-state index in [-0.39, 0.29) is 6.10 Å². The molecule has 1 saturated carbocycles. The van der Waals surface area contributed by atoms with Crippen molar-refractivity contribution < 1.29 is 13.5 Å². The molecule has 2 nitrogen and oxygen atoms in total.